The van der Waals surface area contributed by atoms with Gasteiger partial charge in [0.1, 0.15) is 5.75 Å². The minimum absolute atomic E-state index is 0.284. The van der Waals surface area contributed by atoms with E-state index in [0.29, 0.717) is 0 Å². The van der Waals surface area contributed by atoms with E-state index in [-0.39, 0.29) is 5.75 Å². The van der Waals surface area contributed by atoms with E-state index in [1.54, 1.807) is 12.1 Å². The van der Waals surface area contributed by atoms with Crippen molar-refractivity contribution in [2.45, 2.75) is 80.6 Å². The molecular weight excluding hydrogens is 366 g/mol. The van der Waals surface area contributed by atoms with Crippen LogP contribution in [0.15, 0.2) is 60.7 Å². The molecule has 30 heavy (non-hydrogen) atoms. The van der Waals surface area contributed by atoms with Gasteiger partial charge in [-0.3, -0.25) is 0 Å². The molecular formula is C28H43NO. The number of hydrogen-bond acceptors (Lipinski definition) is 1. The minimum Gasteiger partial charge on any atom is -0.508 e. The number of benzene rings is 2. The topological polar surface area (TPSA) is 36.0 Å². The molecule has 3 aromatic rings. The molecule has 1 heterocycles. The summed E-state index contributed by atoms with van der Waals surface area (Å²) >= 11 is 0. The second-order valence-electron chi connectivity index (χ2n) is 7.20. The van der Waals surface area contributed by atoms with Crippen LogP contribution in [0.2, 0.25) is 0 Å². The Kier molecular flexibility index (Phi) is 15.0. The van der Waals surface area contributed by atoms with Gasteiger partial charge in [0.2, 0.25) is 0 Å². The van der Waals surface area contributed by atoms with Crippen molar-refractivity contribution < 1.29 is 5.11 Å². The van der Waals surface area contributed by atoms with Gasteiger partial charge in [0.15, 0.2) is 0 Å². The summed E-state index contributed by atoms with van der Waals surface area (Å²) in [5, 5.41) is 10.7. The van der Waals surface area contributed by atoms with E-state index >= 15 is 0 Å². The third-order valence-electron chi connectivity index (χ3n) is 4.45. The Morgan fingerprint density at radius 2 is 1.33 bits per heavy atom. The van der Waals surface area contributed by atoms with Crippen LogP contribution in [0.4, 0.5) is 0 Å². The van der Waals surface area contributed by atoms with Gasteiger partial charge in [-0.25, -0.2) is 0 Å². The van der Waals surface area contributed by atoms with Crippen molar-refractivity contribution in [1.82, 2.24) is 4.98 Å². The zero-order chi connectivity index (χ0) is 22.9. The van der Waals surface area contributed by atoms with Gasteiger partial charge in [0, 0.05) is 10.9 Å². The fraction of sp³-hybridized carbons (Fsp3) is 0.429. The van der Waals surface area contributed by atoms with Gasteiger partial charge in [-0.05, 0) is 54.8 Å². The Bertz CT molecular complexity index is 819. The number of fused-ring (bicyclic) bond motifs is 1. The first-order valence-electron chi connectivity index (χ1n) is 11.5. The highest BCUT2D eigenvalue weighted by Crippen LogP contribution is 2.32. The number of para-hydroxylation sites is 1. The predicted molar refractivity (Wildman–Crippen MR) is 136 cm³/mol. The number of phenols is 1. The second-order valence-corrected chi connectivity index (χ2v) is 7.20. The van der Waals surface area contributed by atoms with Gasteiger partial charge < -0.3 is 10.1 Å². The van der Waals surface area contributed by atoms with Crippen LogP contribution in [0.5, 0.6) is 5.75 Å². The number of nitrogens with one attached hydrogen (secondary N) is 1. The molecule has 2 nitrogen and oxygen atoms in total. The first-order chi connectivity index (χ1) is 14.5. The van der Waals surface area contributed by atoms with E-state index in [0.717, 1.165) is 28.8 Å². The maximum absolute atomic E-state index is 9.43. The van der Waals surface area contributed by atoms with E-state index in [9.17, 15) is 5.11 Å². The number of aromatic nitrogens is 1. The van der Waals surface area contributed by atoms with Crippen LogP contribution < -0.4 is 0 Å². The van der Waals surface area contributed by atoms with Gasteiger partial charge in [0.05, 0.1) is 5.69 Å². The number of rotatable bonds is 5. The summed E-state index contributed by atoms with van der Waals surface area (Å²) in [5.74, 6) is 0.284. The highest BCUT2D eigenvalue weighted by Gasteiger charge is 2.12. The Balaban J connectivity index is 0.000000715. The normalized spacial score (nSPS) is 9.43. The monoisotopic (exact) mass is 409 g/mol. The third kappa shape index (κ3) is 9.35. The van der Waals surface area contributed by atoms with Crippen LogP contribution in [0, 0.1) is 0 Å². The van der Waals surface area contributed by atoms with E-state index in [4.69, 9.17) is 0 Å². The number of hydrogen-bond donors (Lipinski definition) is 2. The number of allylic oxidation sites excluding steroid dienone is 1. The average molecular weight is 410 g/mol. The van der Waals surface area contributed by atoms with Gasteiger partial charge in [0.25, 0.3) is 0 Å². The molecule has 3 rings (SSSR count). The highest BCUT2D eigenvalue weighted by atomic mass is 16.3. The van der Waals surface area contributed by atoms with Crippen molar-refractivity contribution in [1.29, 1.82) is 0 Å². The van der Waals surface area contributed by atoms with Crippen molar-refractivity contribution in [2.24, 2.45) is 0 Å². The molecule has 0 bridgehead atoms. The molecule has 166 valence electrons. The molecule has 0 saturated heterocycles. The molecule has 0 aliphatic rings. The van der Waals surface area contributed by atoms with E-state index in [1.165, 1.54) is 36.6 Å². The Morgan fingerprint density at radius 3 is 1.80 bits per heavy atom. The predicted octanol–water partition coefficient (Wildman–Crippen LogP) is 9.30. The van der Waals surface area contributed by atoms with Crippen molar-refractivity contribution in [2.75, 3.05) is 0 Å². The van der Waals surface area contributed by atoms with Crippen LogP contribution in [0.1, 0.15) is 79.7 Å². The summed E-state index contributed by atoms with van der Waals surface area (Å²) in [6.07, 6.45) is 6.13. The first kappa shape index (κ1) is 27.5. The molecule has 0 fully saturated rings. The molecule has 0 aliphatic carbocycles. The van der Waals surface area contributed by atoms with Gasteiger partial charge in [-0.2, -0.15) is 0 Å². The van der Waals surface area contributed by atoms with E-state index in [2.05, 4.69) is 57.5 Å². The smallest absolute Gasteiger partial charge is 0.115 e. The second kappa shape index (κ2) is 16.3. The minimum atomic E-state index is 0.284. The summed E-state index contributed by atoms with van der Waals surface area (Å²) < 4.78 is 0. The van der Waals surface area contributed by atoms with Gasteiger partial charge >= 0.3 is 0 Å². The molecule has 2 heteroatoms. The largest absolute Gasteiger partial charge is 0.508 e. The number of phenolic OH excluding ortho intramolecular Hbond substituents is 1. The standard InChI is InChI=1S/C18H17NO.2C4H10.C2H6/c1-12(2)11-16-15-5-3-4-6-17(15)19-18(16)13-7-9-14(20)10-8-13;2*1-3-4-2;1-2/h3-10,19-20H,1,11H2,2H3;2*3-4H2,1-2H3;1-2H3. The van der Waals surface area contributed by atoms with Crippen LogP contribution in [-0.4, -0.2) is 10.1 Å². The van der Waals surface area contributed by atoms with Crippen LogP contribution in [-0.2, 0) is 6.42 Å². The lowest BCUT2D eigenvalue weighted by atomic mass is 10.00. The average Bonchev–Trinajstić information content (AvgIpc) is 3.14. The van der Waals surface area contributed by atoms with Gasteiger partial charge in [-0.15, -0.1) is 0 Å². The lowest BCUT2D eigenvalue weighted by Gasteiger charge is -2.05. The number of aromatic amines is 1. The summed E-state index contributed by atoms with van der Waals surface area (Å²) in [7, 11) is 0. The molecule has 2 aromatic carbocycles. The molecule has 1 aromatic heterocycles. The molecule has 0 saturated carbocycles. The van der Waals surface area contributed by atoms with Crippen molar-refractivity contribution in [3.05, 3.63) is 66.2 Å². The molecule has 0 aliphatic heterocycles. The van der Waals surface area contributed by atoms with Crippen LogP contribution >= 0.6 is 0 Å². The van der Waals surface area contributed by atoms with Crippen molar-refractivity contribution in [3.63, 3.8) is 0 Å². The van der Waals surface area contributed by atoms with E-state index < -0.39 is 0 Å². The quantitative estimate of drug-likeness (QED) is 0.405. The van der Waals surface area contributed by atoms with E-state index in [1.807, 2.05) is 39.0 Å². The Morgan fingerprint density at radius 1 is 0.833 bits per heavy atom. The van der Waals surface area contributed by atoms with Gasteiger partial charge in [-0.1, -0.05) is 97.6 Å². The fourth-order valence-corrected chi connectivity index (χ4v) is 2.56. The van der Waals surface area contributed by atoms with Crippen LogP contribution in [0.25, 0.3) is 22.2 Å². The number of unbranched alkanes of at least 4 members (excludes halogenated alkanes) is 2. The summed E-state index contributed by atoms with van der Waals surface area (Å²) in [4.78, 5) is 3.48. The Hall–Kier alpha value is -2.48. The molecule has 0 radical (unpaired) electrons. The lowest BCUT2D eigenvalue weighted by Crippen LogP contribution is -1.88. The maximum atomic E-state index is 9.43. The Labute approximate surface area is 185 Å². The fourth-order valence-electron chi connectivity index (χ4n) is 2.56. The zero-order valence-corrected chi connectivity index (χ0v) is 20.3. The maximum Gasteiger partial charge on any atom is 0.115 e. The number of H-pyrrole nitrogens is 1. The summed E-state index contributed by atoms with van der Waals surface area (Å²) in [5.41, 5.74) is 5.71. The molecule has 0 spiro atoms. The highest BCUT2D eigenvalue weighted by molar-refractivity contribution is 5.91. The third-order valence-corrected chi connectivity index (χ3v) is 4.45. The molecule has 0 atom stereocenters. The van der Waals surface area contributed by atoms with Crippen molar-refractivity contribution in [3.8, 4) is 17.0 Å². The lowest BCUT2D eigenvalue weighted by molar-refractivity contribution is 0.475. The first-order valence-corrected chi connectivity index (χ1v) is 11.5. The SMILES string of the molecule is C=C(C)Cc1c(-c2ccc(O)cc2)[nH]c2ccccc12.CC.CCCC.CCCC. The summed E-state index contributed by atoms with van der Waals surface area (Å²) in [6.45, 7) is 18.8. The molecule has 2 N–H and O–H groups in total. The zero-order valence-electron chi connectivity index (χ0n) is 20.3. The number of aromatic hydroxyl groups is 1. The molecule has 0 amide bonds. The van der Waals surface area contributed by atoms with Crippen LogP contribution in [0.3, 0.4) is 0 Å². The van der Waals surface area contributed by atoms with Crippen molar-refractivity contribution >= 4 is 10.9 Å². The summed E-state index contributed by atoms with van der Waals surface area (Å²) in [6, 6.07) is 15.6. The molecule has 0 unspecified atom stereocenters.